The monoisotopic (exact) mass is 652 g/mol. The van der Waals surface area contributed by atoms with Crippen LogP contribution in [0.2, 0.25) is 0 Å². The number of hydrogen-bond acceptors (Lipinski definition) is 2. The van der Waals surface area contributed by atoms with Gasteiger partial charge in [-0.25, -0.2) is 0 Å². The Labute approximate surface area is 296 Å². The molecule has 3 nitrogen and oxygen atoms in total. The van der Waals surface area contributed by atoms with Crippen molar-refractivity contribution in [3.05, 3.63) is 194 Å². The molecule has 9 aromatic rings. The topological polar surface area (TPSA) is 17.4 Å². The molecule has 1 aromatic heterocycles. The maximum Gasteiger partial charge on any atom is 0.152 e. The van der Waals surface area contributed by atoms with Gasteiger partial charge in [0.1, 0.15) is 0 Å². The van der Waals surface area contributed by atoms with Crippen LogP contribution in [0.5, 0.6) is 11.5 Å². The van der Waals surface area contributed by atoms with E-state index in [0.29, 0.717) is 0 Å². The smallest absolute Gasteiger partial charge is 0.152 e. The van der Waals surface area contributed by atoms with Crippen molar-refractivity contribution in [2.75, 3.05) is 4.90 Å². The summed E-state index contributed by atoms with van der Waals surface area (Å²) in [7, 11) is 0. The van der Waals surface area contributed by atoms with E-state index in [1.807, 2.05) is 0 Å². The van der Waals surface area contributed by atoms with Crippen LogP contribution in [0.25, 0.3) is 60.9 Å². The molecule has 0 amide bonds. The molecule has 1 aliphatic heterocycles. The minimum Gasteiger partial charge on any atom is -0.453 e. The van der Waals surface area contributed by atoms with E-state index in [0.717, 1.165) is 50.9 Å². The van der Waals surface area contributed by atoms with Gasteiger partial charge in [-0.2, -0.15) is 0 Å². The van der Waals surface area contributed by atoms with Crippen molar-refractivity contribution in [2.24, 2.45) is 0 Å². The molecule has 2 heterocycles. The van der Waals surface area contributed by atoms with Crippen LogP contribution < -0.4 is 9.64 Å². The van der Waals surface area contributed by atoms with Crippen LogP contribution in [-0.2, 0) is 0 Å². The number of aromatic nitrogens is 1. The summed E-state index contributed by atoms with van der Waals surface area (Å²) in [5.41, 5.74) is 13.6. The molecule has 0 saturated heterocycles. The lowest BCUT2D eigenvalue weighted by Gasteiger charge is -2.27. The molecule has 0 radical (unpaired) electrons. The van der Waals surface area contributed by atoms with Crippen molar-refractivity contribution in [3.63, 3.8) is 0 Å². The van der Waals surface area contributed by atoms with Crippen molar-refractivity contribution in [2.45, 2.75) is 0 Å². The van der Waals surface area contributed by atoms with Crippen LogP contribution in [0.1, 0.15) is 0 Å². The zero-order valence-corrected chi connectivity index (χ0v) is 27.8. The fourth-order valence-corrected chi connectivity index (χ4v) is 7.56. The first-order valence-corrected chi connectivity index (χ1v) is 17.3. The van der Waals surface area contributed by atoms with Gasteiger partial charge in [0.15, 0.2) is 11.5 Å². The van der Waals surface area contributed by atoms with E-state index in [2.05, 4.69) is 204 Å². The van der Waals surface area contributed by atoms with Crippen molar-refractivity contribution in [3.8, 4) is 50.6 Å². The summed E-state index contributed by atoms with van der Waals surface area (Å²) in [6.07, 6.45) is 0. The van der Waals surface area contributed by atoms with Crippen LogP contribution in [0.15, 0.2) is 194 Å². The Morgan fingerprint density at radius 1 is 0.353 bits per heavy atom. The van der Waals surface area contributed by atoms with Gasteiger partial charge in [0, 0.05) is 27.8 Å². The van der Waals surface area contributed by atoms with E-state index in [-0.39, 0.29) is 0 Å². The maximum absolute atomic E-state index is 6.47. The Morgan fingerprint density at radius 2 is 0.922 bits per heavy atom. The summed E-state index contributed by atoms with van der Waals surface area (Å²) in [5.74, 6) is 1.75. The minimum atomic E-state index is 0.861. The predicted octanol–water partition coefficient (Wildman–Crippen LogP) is 13.4. The second kappa shape index (κ2) is 11.9. The SMILES string of the molecule is c1ccc(-c2cc(-c3ccccc3)cc(N(c3ccccc3)c3ccc(-c4ccc5c(c4)-n4c6ccccc6c6cccc(c64)O5)cc3)c2)cc1. The number of para-hydroxylation sites is 3. The van der Waals surface area contributed by atoms with Gasteiger partial charge in [-0.1, -0.05) is 127 Å². The fourth-order valence-electron chi connectivity index (χ4n) is 7.56. The lowest BCUT2D eigenvalue weighted by Crippen LogP contribution is -2.10. The molecule has 240 valence electrons. The molecule has 0 N–H and O–H groups in total. The zero-order valence-electron chi connectivity index (χ0n) is 27.8. The van der Waals surface area contributed by atoms with Gasteiger partial charge >= 0.3 is 0 Å². The normalized spacial score (nSPS) is 11.7. The summed E-state index contributed by atoms with van der Waals surface area (Å²) in [5, 5.41) is 2.43. The summed E-state index contributed by atoms with van der Waals surface area (Å²) >= 11 is 0. The summed E-state index contributed by atoms with van der Waals surface area (Å²) in [4.78, 5) is 2.35. The van der Waals surface area contributed by atoms with E-state index >= 15 is 0 Å². The predicted molar refractivity (Wildman–Crippen MR) is 212 cm³/mol. The second-order valence-corrected chi connectivity index (χ2v) is 13.0. The number of fused-ring (bicyclic) bond motifs is 5. The fraction of sp³-hybridized carbons (Fsp3) is 0. The van der Waals surface area contributed by atoms with Gasteiger partial charge in [0.2, 0.25) is 0 Å². The number of hydrogen-bond donors (Lipinski definition) is 0. The van der Waals surface area contributed by atoms with Crippen LogP contribution in [0.3, 0.4) is 0 Å². The molecule has 0 saturated carbocycles. The largest absolute Gasteiger partial charge is 0.453 e. The lowest BCUT2D eigenvalue weighted by molar-refractivity contribution is 0.476. The summed E-state index contributed by atoms with van der Waals surface area (Å²) < 4.78 is 8.83. The summed E-state index contributed by atoms with van der Waals surface area (Å²) in [6.45, 7) is 0. The van der Waals surface area contributed by atoms with Crippen molar-refractivity contribution in [1.29, 1.82) is 0 Å². The molecular weight excluding hydrogens is 621 g/mol. The van der Waals surface area contributed by atoms with Crippen molar-refractivity contribution in [1.82, 2.24) is 4.57 Å². The zero-order chi connectivity index (χ0) is 33.7. The van der Waals surface area contributed by atoms with Crippen LogP contribution >= 0.6 is 0 Å². The number of benzene rings is 8. The standard InChI is InChI=1S/C48H32N2O/c1-4-13-33(14-5-1)37-29-38(34-15-6-2-7-16-34)31-41(30-37)49(39-17-8-3-9-18-39)40-26-23-35(24-27-40)36-25-28-46-45(32-36)50-44-21-11-10-19-42(44)43-20-12-22-47(51-46)48(43)50/h1-32H. The van der Waals surface area contributed by atoms with Crippen LogP contribution in [0, 0.1) is 0 Å². The lowest BCUT2D eigenvalue weighted by atomic mass is 9.97. The average Bonchev–Trinajstić information content (AvgIpc) is 3.55. The Hall–Kier alpha value is -6.84. The number of nitrogens with zero attached hydrogens (tertiary/aromatic N) is 2. The third kappa shape index (κ3) is 4.98. The molecule has 0 atom stereocenters. The van der Waals surface area contributed by atoms with E-state index in [1.54, 1.807) is 0 Å². The third-order valence-electron chi connectivity index (χ3n) is 9.94. The minimum absolute atomic E-state index is 0.861. The van der Waals surface area contributed by atoms with Crippen LogP contribution in [0.4, 0.5) is 17.1 Å². The Morgan fingerprint density at radius 3 is 1.63 bits per heavy atom. The van der Waals surface area contributed by atoms with E-state index in [9.17, 15) is 0 Å². The van der Waals surface area contributed by atoms with Gasteiger partial charge in [0.05, 0.1) is 16.7 Å². The first kappa shape index (κ1) is 29.1. The van der Waals surface area contributed by atoms with Gasteiger partial charge in [0.25, 0.3) is 0 Å². The molecule has 0 spiro atoms. The third-order valence-corrected chi connectivity index (χ3v) is 9.94. The average molecular weight is 653 g/mol. The van der Waals surface area contributed by atoms with Crippen molar-refractivity contribution < 1.29 is 4.74 Å². The maximum atomic E-state index is 6.47. The molecule has 0 bridgehead atoms. The Bertz CT molecular complexity index is 2640. The number of anilines is 3. The highest BCUT2D eigenvalue weighted by atomic mass is 16.5. The molecule has 51 heavy (non-hydrogen) atoms. The van der Waals surface area contributed by atoms with E-state index in [4.69, 9.17) is 4.74 Å². The highest BCUT2D eigenvalue weighted by Crippen LogP contribution is 2.46. The molecule has 0 aliphatic carbocycles. The molecule has 1 aliphatic rings. The highest BCUT2D eigenvalue weighted by Gasteiger charge is 2.24. The van der Waals surface area contributed by atoms with E-state index < -0.39 is 0 Å². The summed E-state index contributed by atoms with van der Waals surface area (Å²) in [6, 6.07) is 69.2. The quantitative estimate of drug-likeness (QED) is 0.178. The van der Waals surface area contributed by atoms with Gasteiger partial charge in [-0.15, -0.1) is 0 Å². The first-order valence-electron chi connectivity index (χ1n) is 17.3. The van der Waals surface area contributed by atoms with Gasteiger partial charge in [-0.3, -0.25) is 0 Å². The molecule has 0 fully saturated rings. The molecule has 10 rings (SSSR count). The Kier molecular flexibility index (Phi) is 6.81. The van der Waals surface area contributed by atoms with E-state index in [1.165, 1.54) is 38.5 Å². The second-order valence-electron chi connectivity index (χ2n) is 13.0. The van der Waals surface area contributed by atoms with Gasteiger partial charge < -0.3 is 14.2 Å². The van der Waals surface area contributed by atoms with Gasteiger partial charge in [-0.05, 0) is 100 Å². The molecule has 8 aromatic carbocycles. The highest BCUT2D eigenvalue weighted by molar-refractivity contribution is 6.12. The first-order chi connectivity index (χ1) is 25.3. The number of ether oxygens (including phenoxy) is 1. The van der Waals surface area contributed by atoms with Crippen molar-refractivity contribution >= 4 is 38.9 Å². The van der Waals surface area contributed by atoms with Crippen LogP contribution in [-0.4, -0.2) is 4.57 Å². The molecular formula is C48H32N2O. The molecule has 0 unspecified atom stereocenters. The number of rotatable bonds is 6. The Balaban J connectivity index is 1.09. The molecule has 3 heteroatoms.